The first-order chi connectivity index (χ1) is 9.74. The number of carbonyl (C=O) groups excluding carboxylic acids is 2. The van der Waals surface area contributed by atoms with Crippen molar-refractivity contribution >= 4 is 17.9 Å². The van der Waals surface area contributed by atoms with Crippen molar-refractivity contribution in [3.63, 3.8) is 0 Å². The molecule has 0 aromatic carbocycles. The number of aliphatic carboxylic acids is 1. The van der Waals surface area contributed by atoms with Crippen LogP contribution in [0.1, 0.15) is 33.6 Å². The maximum absolute atomic E-state index is 12.5. The van der Waals surface area contributed by atoms with E-state index < -0.39 is 12.0 Å². The first kappa shape index (κ1) is 19.2. The van der Waals surface area contributed by atoms with Crippen LogP contribution in [0.2, 0.25) is 0 Å². The van der Waals surface area contributed by atoms with Gasteiger partial charge in [-0.15, -0.1) is 0 Å². The molecule has 0 rings (SSSR count). The molecule has 0 aliphatic rings. The van der Waals surface area contributed by atoms with Gasteiger partial charge in [0.1, 0.15) is 6.54 Å². The van der Waals surface area contributed by atoms with E-state index in [2.05, 4.69) is 0 Å². The Morgan fingerprint density at radius 2 is 1.71 bits per heavy atom. The fourth-order valence-electron chi connectivity index (χ4n) is 2.00. The minimum Gasteiger partial charge on any atom is -0.481 e. The van der Waals surface area contributed by atoms with Gasteiger partial charge in [-0.05, 0) is 20.3 Å². The van der Waals surface area contributed by atoms with Gasteiger partial charge in [-0.25, -0.2) is 4.79 Å². The average molecular weight is 301 g/mol. The number of rotatable bonds is 8. The third-order valence-corrected chi connectivity index (χ3v) is 3.18. The highest BCUT2D eigenvalue weighted by atomic mass is 16.4. The smallest absolute Gasteiger partial charge is 0.320 e. The summed E-state index contributed by atoms with van der Waals surface area (Å²) in [6, 6.07) is -0.697. The Morgan fingerprint density at radius 1 is 1.14 bits per heavy atom. The summed E-state index contributed by atoms with van der Waals surface area (Å²) in [6.45, 7) is 6.31. The summed E-state index contributed by atoms with van der Waals surface area (Å²) in [5, 5.41) is 8.86. The molecule has 7 heteroatoms. The van der Waals surface area contributed by atoms with Crippen LogP contribution in [0.3, 0.4) is 0 Å². The zero-order valence-electron chi connectivity index (χ0n) is 13.6. The molecule has 1 atom stereocenters. The largest absolute Gasteiger partial charge is 0.481 e. The van der Waals surface area contributed by atoms with Gasteiger partial charge in [-0.3, -0.25) is 9.59 Å². The molecule has 0 spiro atoms. The predicted octanol–water partition coefficient (Wildman–Crippen LogP) is 1.09. The van der Waals surface area contributed by atoms with E-state index in [-0.39, 0.29) is 24.9 Å². The van der Waals surface area contributed by atoms with Crippen LogP contribution in [-0.2, 0) is 9.59 Å². The van der Waals surface area contributed by atoms with Crippen molar-refractivity contribution in [3.8, 4) is 0 Å². The van der Waals surface area contributed by atoms with Crippen molar-refractivity contribution in [2.45, 2.75) is 39.7 Å². The van der Waals surface area contributed by atoms with Crippen LogP contribution in [0, 0.1) is 0 Å². The highest BCUT2D eigenvalue weighted by Crippen LogP contribution is 2.09. The van der Waals surface area contributed by atoms with Crippen LogP contribution in [0.15, 0.2) is 0 Å². The molecule has 3 amide bonds. The van der Waals surface area contributed by atoms with Crippen molar-refractivity contribution < 1.29 is 19.5 Å². The molecule has 0 saturated carbocycles. The number of carboxylic acids is 1. The molecule has 0 aliphatic carbocycles. The second kappa shape index (κ2) is 9.20. The van der Waals surface area contributed by atoms with E-state index in [1.807, 2.05) is 6.92 Å². The van der Waals surface area contributed by atoms with Gasteiger partial charge in [0, 0.05) is 33.2 Å². The lowest BCUT2D eigenvalue weighted by atomic mass is 10.2. The highest BCUT2D eigenvalue weighted by Gasteiger charge is 2.26. The minimum atomic E-state index is -0.944. The molecule has 21 heavy (non-hydrogen) atoms. The number of nitrogens with zero attached hydrogens (tertiary/aromatic N) is 3. The van der Waals surface area contributed by atoms with Crippen LogP contribution in [-0.4, -0.2) is 77.5 Å². The zero-order chi connectivity index (χ0) is 16.6. The molecule has 0 aliphatic heterocycles. The summed E-state index contributed by atoms with van der Waals surface area (Å²) in [6.07, 6.45) is 0.623. The minimum absolute atomic E-state index is 0.00989. The summed E-state index contributed by atoms with van der Waals surface area (Å²) in [7, 11) is 3.28. The molecule has 1 unspecified atom stereocenters. The van der Waals surface area contributed by atoms with Crippen LogP contribution in [0.4, 0.5) is 4.79 Å². The Kier molecular flexibility index (Phi) is 8.42. The summed E-state index contributed by atoms with van der Waals surface area (Å²) in [5.41, 5.74) is 0. The van der Waals surface area contributed by atoms with Crippen molar-refractivity contribution in [1.29, 1.82) is 0 Å². The number of carbonyl (C=O) groups is 3. The predicted molar refractivity (Wildman–Crippen MR) is 80.0 cm³/mol. The van der Waals surface area contributed by atoms with Gasteiger partial charge in [-0.2, -0.15) is 0 Å². The Bertz CT molecular complexity index is 371. The molecule has 0 aromatic rings. The van der Waals surface area contributed by atoms with Crippen molar-refractivity contribution in [2.75, 3.05) is 33.7 Å². The molecule has 0 saturated heterocycles. The fraction of sp³-hybridized carbons (Fsp3) is 0.786. The van der Waals surface area contributed by atoms with Crippen LogP contribution >= 0.6 is 0 Å². The fourth-order valence-corrected chi connectivity index (χ4v) is 2.00. The molecular formula is C14H27N3O4. The third kappa shape index (κ3) is 6.46. The van der Waals surface area contributed by atoms with Gasteiger partial charge in [0.05, 0.1) is 6.42 Å². The van der Waals surface area contributed by atoms with Gasteiger partial charge in [0.25, 0.3) is 0 Å². The van der Waals surface area contributed by atoms with Crippen LogP contribution < -0.4 is 0 Å². The zero-order valence-corrected chi connectivity index (χ0v) is 13.6. The maximum atomic E-state index is 12.5. The van der Waals surface area contributed by atoms with Gasteiger partial charge in [0.2, 0.25) is 5.91 Å². The lowest BCUT2D eigenvalue weighted by Gasteiger charge is -2.33. The molecule has 7 nitrogen and oxygen atoms in total. The maximum Gasteiger partial charge on any atom is 0.320 e. The molecule has 0 fully saturated rings. The van der Waals surface area contributed by atoms with E-state index >= 15 is 0 Å². The first-order valence-corrected chi connectivity index (χ1v) is 7.22. The molecule has 122 valence electrons. The van der Waals surface area contributed by atoms with Crippen molar-refractivity contribution in [1.82, 2.24) is 14.7 Å². The van der Waals surface area contributed by atoms with E-state index in [1.165, 1.54) is 14.7 Å². The molecular weight excluding hydrogens is 274 g/mol. The van der Waals surface area contributed by atoms with Gasteiger partial charge in [-0.1, -0.05) is 6.92 Å². The number of likely N-dealkylation sites (N-methyl/N-ethyl adjacent to an activating group) is 1. The van der Waals surface area contributed by atoms with Crippen LogP contribution in [0.25, 0.3) is 0 Å². The second-order valence-corrected chi connectivity index (χ2v) is 5.23. The van der Waals surface area contributed by atoms with Crippen molar-refractivity contribution in [2.24, 2.45) is 0 Å². The number of amides is 3. The quantitative estimate of drug-likeness (QED) is 0.727. The number of hydrogen-bond acceptors (Lipinski definition) is 3. The Balaban J connectivity index is 4.97. The first-order valence-electron chi connectivity index (χ1n) is 7.22. The van der Waals surface area contributed by atoms with Gasteiger partial charge < -0.3 is 19.8 Å². The Labute approximate surface area is 126 Å². The molecule has 0 bridgehead atoms. The number of carboxylic acid groups (broad SMARTS) is 1. The summed E-state index contributed by atoms with van der Waals surface area (Å²) >= 11 is 0. The topological polar surface area (TPSA) is 81.2 Å². The normalized spacial score (nSPS) is 11.7. The Morgan fingerprint density at radius 3 is 2.10 bits per heavy atom. The van der Waals surface area contributed by atoms with Gasteiger partial charge in [0.15, 0.2) is 0 Å². The van der Waals surface area contributed by atoms with Crippen molar-refractivity contribution in [3.05, 3.63) is 0 Å². The third-order valence-electron chi connectivity index (χ3n) is 3.18. The molecule has 0 radical (unpaired) electrons. The lowest BCUT2D eigenvalue weighted by molar-refractivity contribution is -0.138. The Hall–Kier alpha value is -1.79. The number of urea groups is 1. The molecule has 0 aromatic heterocycles. The highest BCUT2D eigenvalue weighted by molar-refractivity contribution is 5.84. The monoisotopic (exact) mass is 301 g/mol. The molecule has 0 heterocycles. The van der Waals surface area contributed by atoms with E-state index in [9.17, 15) is 14.4 Å². The molecule has 1 N–H and O–H groups in total. The summed E-state index contributed by atoms with van der Waals surface area (Å²) in [5.74, 6) is -1.10. The van der Waals surface area contributed by atoms with E-state index in [0.29, 0.717) is 13.1 Å². The average Bonchev–Trinajstić information content (AvgIpc) is 2.37. The summed E-state index contributed by atoms with van der Waals surface area (Å²) < 4.78 is 0. The lowest BCUT2D eigenvalue weighted by Crippen LogP contribution is -2.50. The van der Waals surface area contributed by atoms with E-state index in [4.69, 9.17) is 5.11 Å². The van der Waals surface area contributed by atoms with E-state index in [1.54, 1.807) is 27.9 Å². The summed E-state index contributed by atoms with van der Waals surface area (Å²) in [4.78, 5) is 39.6. The standard InChI is InChI=1S/C14H27N3O4/c1-6-8-16(10-12(18)15(4)5)14(21)17(7-2)11(3)9-13(19)20/h11H,6-10H2,1-5H3,(H,19,20). The van der Waals surface area contributed by atoms with Crippen LogP contribution in [0.5, 0.6) is 0 Å². The second-order valence-electron chi connectivity index (χ2n) is 5.23. The van der Waals surface area contributed by atoms with E-state index in [0.717, 1.165) is 6.42 Å². The number of hydrogen-bond donors (Lipinski definition) is 1. The van der Waals surface area contributed by atoms with Gasteiger partial charge >= 0.3 is 12.0 Å². The SMILES string of the molecule is CCCN(CC(=O)N(C)C)C(=O)N(CC)C(C)CC(=O)O.